The molecule has 1 saturated carbocycles. The Balaban J connectivity index is 1.55. The van der Waals surface area contributed by atoms with Gasteiger partial charge in [0.25, 0.3) is 0 Å². The highest BCUT2D eigenvalue weighted by Gasteiger charge is 2.44. The molecule has 3 nitrogen and oxygen atoms in total. The normalized spacial score (nSPS) is 15.5. The molecule has 1 aliphatic rings. The minimum Gasteiger partial charge on any atom is -0.337 e. The molecule has 3 rings (SSSR count). The maximum atomic E-state index is 13.1. The molecule has 132 valence electrons. The van der Waals surface area contributed by atoms with Crippen molar-refractivity contribution in [1.82, 2.24) is 5.32 Å². The summed E-state index contributed by atoms with van der Waals surface area (Å²) in [5.74, 6) is -0.232. The van der Waals surface area contributed by atoms with E-state index in [1.54, 1.807) is 0 Å². The van der Waals surface area contributed by atoms with E-state index in [4.69, 9.17) is 0 Å². The third-order valence-electron chi connectivity index (χ3n) is 4.91. The third kappa shape index (κ3) is 4.19. The lowest BCUT2D eigenvalue weighted by Gasteiger charge is -2.19. The largest absolute Gasteiger partial charge is 0.337 e. The fourth-order valence-corrected chi connectivity index (χ4v) is 3.00. The van der Waals surface area contributed by atoms with Crippen LogP contribution in [0.3, 0.4) is 0 Å². The minimum absolute atomic E-state index is 0.0405. The molecule has 0 unspecified atom stereocenters. The van der Waals surface area contributed by atoms with E-state index >= 15 is 0 Å². The first-order valence-electron chi connectivity index (χ1n) is 8.70. The highest BCUT2D eigenvalue weighted by Crippen LogP contribution is 2.47. The molecule has 0 aromatic heterocycles. The van der Waals surface area contributed by atoms with Crippen LogP contribution in [0.2, 0.25) is 0 Å². The number of carbonyl (C=O) groups excluding carboxylic acids is 1. The number of nitrogens with one attached hydrogen (secondary N) is 2. The van der Waals surface area contributed by atoms with Gasteiger partial charge in [0, 0.05) is 17.6 Å². The van der Waals surface area contributed by atoms with E-state index in [1.807, 2.05) is 36.4 Å². The average molecular weight is 340 g/mol. The fraction of sp³-hybridized carbons (Fsp3) is 0.381. The van der Waals surface area contributed by atoms with Crippen LogP contribution in [0.15, 0.2) is 48.5 Å². The molecule has 2 aromatic rings. The number of halogens is 1. The third-order valence-corrected chi connectivity index (χ3v) is 4.91. The molecule has 1 aliphatic carbocycles. The SMILES string of the molecule is CC(C)(C)c1ccc(NC(=O)NCC2(c3ccc(F)cc3)CC2)cc1. The monoisotopic (exact) mass is 340 g/mol. The topological polar surface area (TPSA) is 41.1 Å². The van der Waals surface area contributed by atoms with Gasteiger partial charge in [0.05, 0.1) is 0 Å². The molecule has 0 saturated heterocycles. The summed E-state index contributed by atoms with van der Waals surface area (Å²) in [6.45, 7) is 7.04. The van der Waals surface area contributed by atoms with E-state index in [9.17, 15) is 9.18 Å². The summed E-state index contributed by atoms with van der Waals surface area (Å²) in [6.07, 6.45) is 2.03. The smallest absolute Gasteiger partial charge is 0.319 e. The van der Waals surface area contributed by atoms with Crippen molar-refractivity contribution in [1.29, 1.82) is 0 Å². The van der Waals surface area contributed by atoms with Crippen LogP contribution in [0.25, 0.3) is 0 Å². The highest BCUT2D eigenvalue weighted by atomic mass is 19.1. The molecule has 25 heavy (non-hydrogen) atoms. The summed E-state index contributed by atoms with van der Waals surface area (Å²) in [5, 5.41) is 5.82. The van der Waals surface area contributed by atoms with Gasteiger partial charge in [0.1, 0.15) is 5.82 Å². The summed E-state index contributed by atoms with van der Waals surface area (Å²) in [6, 6.07) is 14.3. The number of rotatable bonds is 4. The van der Waals surface area contributed by atoms with Crippen LogP contribution < -0.4 is 10.6 Å². The second-order valence-electron chi connectivity index (χ2n) is 7.92. The first kappa shape index (κ1) is 17.5. The van der Waals surface area contributed by atoms with E-state index in [1.165, 1.54) is 17.7 Å². The van der Waals surface area contributed by atoms with Crippen LogP contribution in [0.5, 0.6) is 0 Å². The Morgan fingerprint density at radius 2 is 1.64 bits per heavy atom. The van der Waals surface area contributed by atoms with Gasteiger partial charge in [-0.25, -0.2) is 9.18 Å². The van der Waals surface area contributed by atoms with E-state index in [-0.39, 0.29) is 22.7 Å². The van der Waals surface area contributed by atoms with Crippen molar-refractivity contribution in [2.45, 2.75) is 44.4 Å². The van der Waals surface area contributed by atoms with Crippen LogP contribution in [-0.2, 0) is 10.8 Å². The Labute approximate surface area is 148 Å². The Bertz CT molecular complexity index is 741. The molecule has 0 heterocycles. The molecule has 0 radical (unpaired) electrons. The van der Waals surface area contributed by atoms with Crippen molar-refractivity contribution in [2.24, 2.45) is 0 Å². The molecule has 0 atom stereocenters. The quantitative estimate of drug-likeness (QED) is 0.810. The molecular weight excluding hydrogens is 315 g/mol. The molecule has 2 amide bonds. The molecule has 0 spiro atoms. The van der Waals surface area contributed by atoms with Crippen LogP contribution in [0, 0.1) is 5.82 Å². The Morgan fingerprint density at radius 1 is 1.04 bits per heavy atom. The van der Waals surface area contributed by atoms with Gasteiger partial charge in [-0.15, -0.1) is 0 Å². The lowest BCUT2D eigenvalue weighted by molar-refractivity contribution is 0.251. The predicted octanol–water partition coefficient (Wildman–Crippen LogP) is 4.98. The standard InChI is InChI=1S/C21H25FN2O/c1-20(2,3)15-6-10-18(11-7-15)24-19(25)23-14-21(12-13-21)16-4-8-17(22)9-5-16/h4-11H,12-14H2,1-3H3,(H2,23,24,25). The van der Waals surface area contributed by atoms with Gasteiger partial charge in [-0.3, -0.25) is 0 Å². The fourth-order valence-electron chi connectivity index (χ4n) is 3.00. The highest BCUT2D eigenvalue weighted by molar-refractivity contribution is 5.89. The predicted molar refractivity (Wildman–Crippen MR) is 99.5 cm³/mol. The molecule has 2 aromatic carbocycles. The summed E-state index contributed by atoms with van der Waals surface area (Å²) >= 11 is 0. The Kier molecular flexibility index (Phi) is 4.55. The summed E-state index contributed by atoms with van der Waals surface area (Å²) in [5.41, 5.74) is 3.14. The molecule has 0 bridgehead atoms. The molecule has 1 fully saturated rings. The van der Waals surface area contributed by atoms with E-state index in [0.717, 1.165) is 24.1 Å². The summed E-state index contributed by atoms with van der Waals surface area (Å²) in [7, 11) is 0. The number of hydrogen-bond acceptors (Lipinski definition) is 1. The van der Waals surface area contributed by atoms with Gasteiger partial charge in [-0.1, -0.05) is 45.0 Å². The lowest BCUT2D eigenvalue weighted by atomic mass is 9.87. The van der Waals surface area contributed by atoms with E-state index in [0.29, 0.717) is 6.54 Å². The van der Waals surface area contributed by atoms with Gasteiger partial charge in [-0.2, -0.15) is 0 Å². The van der Waals surface area contributed by atoms with Gasteiger partial charge < -0.3 is 10.6 Å². The van der Waals surface area contributed by atoms with Gasteiger partial charge >= 0.3 is 6.03 Å². The number of hydrogen-bond donors (Lipinski definition) is 2. The maximum absolute atomic E-state index is 13.1. The number of carbonyl (C=O) groups is 1. The van der Waals surface area contributed by atoms with Gasteiger partial charge in [-0.05, 0) is 53.6 Å². The van der Waals surface area contributed by atoms with Crippen LogP contribution >= 0.6 is 0 Å². The zero-order chi connectivity index (χ0) is 18.1. The summed E-state index contributed by atoms with van der Waals surface area (Å²) in [4.78, 5) is 12.2. The van der Waals surface area contributed by atoms with Crippen molar-refractivity contribution >= 4 is 11.7 Å². The maximum Gasteiger partial charge on any atom is 0.319 e. The molecule has 4 heteroatoms. The number of benzene rings is 2. The van der Waals surface area contributed by atoms with Crippen LogP contribution in [0.1, 0.15) is 44.7 Å². The van der Waals surface area contributed by atoms with Crippen LogP contribution in [0.4, 0.5) is 14.9 Å². The van der Waals surface area contributed by atoms with Crippen molar-refractivity contribution in [2.75, 3.05) is 11.9 Å². The first-order chi connectivity index (χ1) is 11.8. The Morgan fingerprint density at radius 3 is 2.16 bits per heavy atom. The van der Waals surface area contributed by atoms with Gasteiger partial charge in [0.2, 0.25) is 0 Å². The van der Waals surface area contributed by atoms with Crippen molar-refractivity contribution in [3.05, 3.63) is 65.5 Å². The first-order valence-corrected chi connectivity index (χ1v) is 8.70. The second kappa shape index (κ2) is 6.51. The minimum atomic E-state index is -0.232. The Hall–Kier alpha value is -2.36. The average Bonchev–Trinajstić information content (AvgIpc) is 3.34. The van der Waals surface area contributed by atoms with Crippen molar-refractivity contribution < 1.29 is 9.18 Å². The second-order valence-corrected chi connectivity index (χ2v) is 7.92. The molecular formula is C21H25FN2O. The lowest BCUT2D eigenvalue weighted by Crippen LogP contribution is -2.35. The zero-order valence-electron chi connectivity index (χ0n) is 15.0. The van der Waals surface area contributed by atoms with E-state index < -0.39 is 0 Å². The number of amides is 2. The molecule has 2 N–H and O–H groups in total. The zero-order valence-corrected chi connectivity index (χ0v) is 15.0. The van der Waals surface area contributed by atoms with Crippen molar-refractivity contribution in [3.63, 3.8) is 0 Å². The number of urea groups is 1. The van der Waals surface area contributed by atoms with Crippen LogP contribution in [-0.4, -0.2) is 12.6 Å². The van der Waals surface area contributed by atoms with Gasteiger partial charge in [0.15, 0.2) is 0 Å². The van der Waals surface area contributed by atoms with E-state index in [2.05, 4.69) is 31.4 Å². The number of anilines is 1. The van der Waals surface area contributed by atoms with Crippen molar-refractivity contribution in [3.8, 4) is 0 Å². The summed E-state index contributed by atoms with van der Waals surface area (Å²) < 4.78 is 13.1. The molecule has 0 aliphatic heterocycles.